The number of benzene rings is 3. The summed E-state index contributed by atoms with van der Waals surface area (Å²) < 4.78 is 28.6. The third-order valence-corrected chi connectivity index (χ3v) is 8.44. The van der Waals surface area contributed by atoms with Crippen molar-refractivity contribution in [2.75, 3.05) is 17.4 Å². The second kappa shape index (κ2) is 13.5. The standard InChI is InChI=1S/C28H30Cl3N3O4S/c1-4-12-32-28(36)20(3)33(17-21-6-5-7-22(29)13-21)27(35)18-34(25-15-23(30)14-24(31)16-25)39(37,38)26-10-8-19(2)9-11-26/h5-11,13-16,20H,4,12,17-18H2,1-3H3,(H,32,36)/t20-/m1/s1. The third kappa shape index (κ3) is 8.11. The van der Waals surface area contributed by atoms with Crippen LogP contribution in [0.3, 0.4) is 0 Å². The molecule has 11 heteroatoms. The van der Waals surface area contributed by atoms with Crippen LogP contribution in [0.5, 0.6) is 0 Å². The van der Waals surface area contributed by atoms with Crippen molar-refractivity contribution in [2.45, 2.75) is 44.7 Å². The summed E-state index contributed by atoms with van der Waals surface area (Å²) in [5.74, 6) is -0.952. The van der Waals surface area contributed by atoms with Gasteiger partial charge in [0.15, 0.2) is 0 Å². The van der Waals surface area contributed by atoms with Gasteiger partial charge in [0.1, 0.15) is 12.6 Å². The van der Waals surface area contributed by atoms with E-state index >= 15 is 0 Å². The Bertz CT molecular complexity index is 1410. The van der Waals surface area contributed by atoms with Crippen LogP contribution in [-0.4, -0.2) is 44.3 Å². The first-order valence-corrected chi connectivity index (χ1v) is 14.9. The molecule has 1 N–H and O–H groups in total. The summed E-state index contributed by atoms with van der Waals surface area (Å²) in [6.45, 7) is 5.24. The summed E-state index contributed by atoms with van der Waals surface area (Å²) in [7, 11) is -4.23. The number of aryl methyl sites for hydroxylation is 1. The number of nitrogens with one attached hydrogen (secondary N) is 1. The molecule has 0 unspecified atom stereocenters. The van der Waals surface area contributed by atoms with E-state index in [4.69, 9.17) is 34.8 Å². The zero-order valence-corrected chi connectivity index (χ0v) is 24.9. The average Bonchev–Trinajstić information content (AvgIpc) is 2.88. The summed E-state index contributed by atoms with van der Waals surface area (Å²) in [5, 5.41) is 3.68. The Morgan fingerprint density at radius 3 is 2.15 bits per heavy atom. The van der Waals surface area contributed by atoms with E-state index in [0.717, 1.165) is 16.3 Å². The van der Waals surface area contributed by atoms with E-state index in [1.54, 1.807) is 43.3 Å². The van der Waals surface area contributed by atoms with Gasteiger partial charge in [0, 0.05) is 28.2 Å². The molecular formula is C28H30Cl3N3O4S. The molecule has 0 heterocycles. The molecule has 7 nitrogen and oxygen atoms in total. The van der Waals surface area contributed by atoms with Crippen LogP contribution in [0.4, 0.5) is 5.69 Å². The molecule has 0 radical (unpaired) electrons. The monoisotopic (exact) mass is 609 g/mol. The summed E-state index contributed by atoms with van der Waals surface area (Å²) in [5.41, 5.74) is 1.68. The van der Waals surface area contributed by atoms with Crippen molar-refractivity contribution >= 4 is 62.3 Å². The molecule has 208 valence electrons. The number of rotatable bonds is 11. The highest BCUT2D eigenvalue weighted by atomic mass is 35.5. The topological polar surface area (TPSA) is 86.8 Å². The first-order chi connectivity index (χ1) is 18.4. The molecule has 0 saturated carbocycles. The first-order valence-electron chi connectivity index (χ1n) is 12.3. The highest BCUT2D eigenvalue weighted by Crippen LogP contribution is 2.30. The van der Waals surface area contributed by atoms with Gasteiger partial charge < -0.3 is 10.2 Å². The fourth-order valence-electron chi connectivity index (χ4n) is 3.86. The van der Waals surface area contributed by atoms with Crippen molar-refractivity contribution < 1.29 is 18.0 Å². The number of sulfonamides is 1. The fourth-order valence-corrected chi connectivity index (χ4v) is 5.99. The number of carbonyl (C=O) groups is 2. The molecule has 0 aliphatic carbocycles. The lowest BCUT2D eigenvalue weighted by atomic mass is 10.1. The quantitative estimate of drug-likeness (QED) is 0.285. The molecule has 3 rings (SSSR count). The largest absolute Gasteiger partial charge is 0.354 e. The van der Waals surface area contributed by atoms with Crippen molar-refractivity contribution in [3.05, 3.63) is 92.9 Å². The Labute approximate surface area is 244 Å². The molecule has 0 spiro atoms. The molecule has 3 aromatic carbocycles. The Balaban J connectivity index is 2.05. The second-order valence-corrected chi connectivity index (χ2v) is 12.2. The number of carbonyl (C=O) groups excluding carboxylic acids is 2. The zero-order valence-electron chi connectivity index (χ0n) is 21.8. The molecule has 0 aliphatic rings. The molecule has 0 aliphatic heterocycles. The van der Waals surface area contributed by atoms with Gasteiger partial charge in [0.25, 0.3) is 10.0 Å². The van der Waals surface area contributed by atoms with Crippen molar-refractivity contribution in [3.63, 3.8) is 0 Å². The van der Waals surface area contributed by atoms with Gasteiger partial charge in [0.2, 0.25) is 11.8 Å². The maximum absolute atomic E-state index is 13.9. The predicted molar refractivity (Wildman–Crippen MR) is 157 cm³/mol. The van der Waals surface area contributed by atoms with E-state index in [1.807, 2.05) is 13.8 Å². The van der Waals surface area contributed by atoms with Gasteiger partial charge in [-0.25, -0.2) is 8.42 Å². The van der Waals surface area contributed by atoms with Crippen LogP contribution in [0, 0.1) is 6.92 Å². The summed E-state index contributed by atoms with van der Waals surface area (Å²) in [6, 6.07) is 16.6. The van der Waals surface area contributed by atoms with Crippen LogP contribution in [0.2, 0.25) is 15.1 Å². The van der Waals surface area contributed by atoms with Crippen LogP contribution in [0.1, 0.15) is 31.4 Å². The fraction of sp³-hybridized carbons (Fsp3) is 0.286. The maximum atomic E-state index is 13.9. The Morgan fingerprint density at radius 1 is 0.923 bits per heavy atom. The molecule has 3 aromatic rings. The number of hydrogen-bond acceptors (Lipinski definition) is 4. The molecule has 39 heavy (non-hydrogen) atoms. The van der Waals surface area contributed by atoms with Crippen molar-refractivity contribution in [3.8, 4) is 0 Å². The number of anilines is 1. The van der Waals surface area contributed by atoms with Crippen LogP contribution < -0.4 is 9.62 Å². The normalized spacial score (nSPS) is 12.1. The Morgan fingerprint density at radius 2 is 1.56 bits per heavy atom. The van der Waals surface area contributed by atoms with E-state index < -0.39 is 28.5 Å². The Hall–Kier alpha value is -2.78. The van der Waals surface area contributed by atoms with Gasteiger partial charge in [-0.1, -0.05) is 71.6 Å². The van der Waals surface area contributed by atoms with E-state index in [1.165, 1.54) is 35.2 Å². The summed E-state index contributed by atoms with van der Waals surface area (Å²) in [6.07, 6.45) is 0.721. The van der Waals surface area contributed by atoms with E-state index in [-0.39, 0.29) is 33.1 Å². The van der Waals surface area contributed by atoms with Gasteiger partial charge in [-0.05, 0) is 68.3 Å². The zero-order chi connectivity index (χ0) is 28.7. The number of hydrogen-bond donors (Lipinski definition) is 1. The van der Waals surface area contributed by atoms with Crippen LogP contribution in [0.15, 0.2) is 71.6 Å². The number of nitrogens with zero attached hydrogens (tertiary/aromatic N) is 2. The average molecular weight is 611 g/mol. The molecule has 0 bridgehead atoms. The van der Waals surface area contributed by atoms with Crippen molar-refractivity contribution in [1.29, 1.82) is 0 Å². The number of amides is 2. The molecule has 0 fully saturated rings. The van der Waals surface area contributed by atoms with Gasteiger partial charge in [-0.3, -0.25) is 13.9 Å². The van der Waals surface area contributed by atoms with Gasteiger partial charge in [-0.15, -0.1) is 0 Å². The summed E-state index contributed by atoms with van der Waals surface area (Å²) in [4.78, 5) is 28.1. The third-order valence-electron chi connectivity index (χ3n) is 5.98. The van der Waals surface area contributed by atoms with Crippen LogP contribution in [-0.2, 0) is 26.2 Å². The predicted octanol–water partition coefficient (Wildman–Crippen LogP) is 6.09. The minimum absolute atomic E-state index is 0.00729. The maximum Gasteiger partial charge on any atom is 0.264 e. The van der Waals surface area contributed by atoms with E-state index in [9.17, 15) is 18.0 Å². The molecule has 1 atom stereocenters. The summed E-state index contributed by atoms with van der Waals surface area (Å²) >= 11 is 18.6. The minimum atomic E-state index is -4.23. The van der Waals surface area contributed by atoms with Crippen LogP contribution in [0.25, 0.3) is 0 Å². The number of halogens is 3. The van der Waals surface area contributed by atoms with Crippen molar-refractivity contribution in [2.24, 2.45) is 0 Å². The molecule has 0 saturated heterocycles. The highest BCUT2D eigenvalue weighted by molar-refractivity contribution is 7.92. The van der Waals surface area contributed by atoms with Gasteiger partial charge in [0.05, 0.1) is 10.6 Å². The lowest BCUT2D eigenvalue weighted by Crippen LogP contribution is -2.51. The molecule has 0 aromatic heterocycles. The first kappa shape index (κ1) is 30.8. The van der Waals surface area contributed by atoms with Crippen LogP contribution >= 0.6 is 34.8 Å². The SMILES string of the molecule is CCCNC(=O)[C@@H](C)N(Cc1cccc(Cl)c1)C(=O)CN(c1cc(Cl)cc(Cl)c1)S(=O)(=O)c1ccc(C)cc1. The Kier molecular flexibility index (Phi) is 10.7. The second-order valence-electron chi connectivity index (χ2n) is 9.07. The van der Waals surface area contributed by atoms with Gasteiger partial charge >= 0.3 is 0 Å². The lowest BCUT2D eigenvalue weighted by molar-refractivity contribution is -0.139. The van der Waals surface area contributed by atoms with E-state index in [2.05, 4.69) is 5.32 Å². The van der Waals surface area contributed by atoms with Gasteiger partial charge in [-0.2, -0.15) is 0 Å². The lowest BCUT2D eigenvalue weighted by Gasteiger charge is -2.32. The van der Waals surface area contributed by atoms with Crippen molar-refractivity contribution in [1.82, 2.24) is 10.2 Å². The smallest absolute Gasteiger partial charge is 0.264 e. The minimum Gasteiger partial charge on any atom is -0.354 e. The van der Waals surface area contributed by atoms with E-state index in [0.29, 0.717) is 17.1 Å². The highest BCUT2D eigenvalue weighted by Gasteiger charge is 2.32. The molecular weight excluding hydrogens is 581 g/mol. The molecule has 2 amide bonds.